The topological polar surface area (TPSA) is 102 Å². The second-order valence-corrected chi connectivity index (χ2v) is 6.45. The third-order valence-corrected chi connectivity index (χ3v) is 4.33. The van der Waals surface area contributed by atoms with Crippen LogP contribution in [0.3, 0.4) is 0 Å². The zero-order valence-corrected chi connectivity index (χ0v) is 15.7. The predicted molar refractivity (Wildman–Crippen MR) is 109 cm³/mol. The second-order valence-electron chi connectivity index (χ2n) is 6.45. The Bertz CT molecular complexity index is 1170. The summed E-state index contributed by atoms with van der Waals surface area (Å²) < 4.78 is 1.62. The highest BCUT2D eigenvalue weighted by molar-refractivity contribution is 6.07. The summed E-state index contributed by atoms with van der Waals surface area (Å²) >= 11 is 0. The Labute approximate surface area is 166 Å². The minimum atomic E-state index is -0.318. The summed E-state index contributed by atoms with van der Waals surface area (Å²) in [6, 6.07) is 16.3. The van der Waals surface area contributed by atoms with E-state index in [0.29, 0.717) is 11.3 Å². The van der Waals surface area contributed by atoms with E-state index in [1.807, 2.05) is 43.3 Å². The molecule has 4 rings (SSSR count). The molecule has 0 fully saturated rings. The number of aryl methyl sites for hydroxylation is 1. The maximum Gasteiger partial charge on any atom is 0.252 e. The van der Waals surface area contributed by atoms with E-state index >= 15 is 0 Å². The number of amides is 2. The van der Waals surface area contributed by atoms with E-state index in [9.17, 15) is 9.59 Å². The minimum Gasteiger partial charge on any atom is -0.343 e. The van der Waals surface area contributed by atoms with Gasteiger partial charge in [-0.05, 0) is 43.3 Å². The third-order valence-electron chi connectivity index (χ3n) is 4.33. The summed E-state index contributed by atoms with van der Waals surface area (Å²) in [5, 5.41) is 10.2. The van der Waals surface area contributed by atoms with Crippen molar-refractivity contribution < 1.29 is 9.59 Å². The number of carbonyl (C=O) groups is 2. The van der Waals surface area contributed by atoms with Crippen LogP contribution >= 0.6 is 0 Å². The SMILES string of the molecule is Cc1cc(C(=O)NCC(=O)Nc2ccc(-n3cncn3)cc2)c2ccccc2n1. The van der Waals surface area contributed by atoms with Crippen molar-refractivity contribution >= 4 is 28.4 Å². The molecule has 0 aliphatic heterocycles. The first-order valence-corrected chi connectivity index (χ1v) is 9.00. The number of hydrogen-bond donors (Lipinski definition) is 2. The van der Waals surface area contributed by atoms with Gasteiger partial charge in [-0.25, -0.2) is 9.67 Å². The first-order chi connectivity index (χ1) is 14.1. The number of rotatable bonds is 5. The largest absolute Gasteiger partial charge is 0.343 e. The van der Waals surface area contributed by atoms with Crippen molar-refractivity contribution in [1.82, 2.24) is 25.1 Å². The number of hydrogen-bond acceptors (Lipinski definition) is 5. The number of fused-ring (bicyclic) bond motifs is 1. The Balaban J connectivity index is 1.39. The van der Waals surface area contributed by atoms with Crippen LogP contribution in [-0.4, -0.2) is 38.1 Å². The molecule has 0 saturated carbocycles. The summed E-state index contributed by atoms with van der Waals surface area (Å²) in [6.07, 6.45) is 3.04. The van der Waals surface area contributed by atoms with Gasteiger partial charge in [0.1, 0.15) is 12.7 Å². The van der Waals surface area contributed by atoms with E-state index < -0.39 is 0 Å². The smallest absolute Gasteiger partial charge is 0.252 e. The van der Waals surface area contributed by atoms with Crippen molar-refractivity contribution in [3.8, 4) is 5.69 Å². The Hall–Kier alpha value is -4.07. The number of anilines is 1. The zero-order chi connectivity index (χ0) is 20.2. The van der Waals surface area contributed by atoms with Gasteiger partial charge < -0.3 is 10.6 Å². The second kappa shape index (κ2) is 7.89. The Kier molecular flexibility index (Phi) is 4.98. The molecular formula is C21H18N6O2. The lowest BCUT2D eigenvalue weighted by atomic mass is 10.1. The highest BCUT2D eigenvalue weighted by Gasteiger charge is 2.13. The first-order valence-electron chi connectivity index (χ1n) is 9.00. The molecule has 2 amide bonds. The van der Waals surface area contributed by atoms with Crippen molar-refractivity contribution in [3.63, 3.8) is 0 Å². The molecule has 2 aromatic carbocycles. The van der Waals surface area contributed by atoms with E-state index in [-0.39, 0.29) is 18.4 Å². The van der Waals surface area contributed by atoms with Crippen molar-refractivity contribution in [1.29, 1.82) is 0 Å². The molecule has 0 atom stereocenters. The Morgan fingerprint density at radius 3 is 2.62 bits per heavy atom. The number of aromatic nitrogens is 4. The Morgan fingerprint density at radius 2 is 1.86 bits per heavy atom. The summed E-state index contributed by atoms with van der Waals surface area (Å²) in [7, 11) is 0. The normalized spacial score (nSPS) is 10.7. The average Bonchev–Trinajstić information content (AvgIpc) is 3.27. The van der Waals surface area contributed by atoms with E-state index in [1.165, 1.54) is 6.33 Å². The monoisotopic (exact) mass is 386 g/mol. The standard InChI is InChI=1S/C21H18N6O2/c1-14-10-18(17-4-2-3-5-19(17)25-14)21(29)23-11-20(28)26-15-6-8-16(9-7-15)27-13-22-12-24-27/h2-10,12-13H,11H2,1H3,(H,23,29)(H,26,28). The number of carbonyl (C=O) groups excluding carboxylic acids is 2. The lowest BCUT2D eigenvalue weighted by Crippen LogP contribution is -2.33. The van der Waals surface area contributed by atoms with Gasteiger partial charge in [0.2, 0.25) is 5.91 Å². The van der Waals surface area contributed by atoms with Gasteiger partial charge in [0, 0.05) is 16.8 Å². The molecule has 8 heteroatoms. The molecule has 0 saturated heterocycles. The summed E-state index contributed by atoms with van der Waals surface area (Å²) in [4.78, 5) is 33.2. The summed E-state index contributed by atoms with van der Waals surface area (Å²) in [6.45, 7) is 1.69. The molecular weight excluding hydrogens is 368 g/mol. The predicted octanol–water partition coefficient (Wildman–Crippen LogP) is 2.49. The molecule has 4 aromatic rings. The number of benzene rings is 2. The van der Waals surface area contributed by atoms with E-state index in [4.69, 9.17) is 0 Å². The van der Waals surface area contributed by atoms with Crippen LogP contribution in [0.1, 0.15) is 16.1 Å². The molecule has 0 bridgehead atoms. The van der Waals surface area contributed by atoms with Crippen LogP contribution in [0.15, 0.2) is 67.3 Å². The number of pyridine rings is 1. The van der Waals surface area contributed by atoms with E-state index in [0.717, 1.165) is 22.3 Å². The molecule has 2 heterocycles. The van der Waals surface area contributed by atoms with Crippen LogP contribution in [-0.2, 0) is 4.79 Å². The fourth-order valence-electron chi connectivity index (χ4n) is 3.00. The fraction of sp³-hybridized carbons (Fsp3) is 0.0952. The molecule has 29 heavy (non-hydrogen) atoms. The Morgan fingerprint density at radius 1 is 1.07 bits per heavy atom. The molecule has 0 radical (unpaired) electrons. The van der Waals surface area contributed by atoms with Gasteiger partial charge in [-0.3, -0.25) is 14.6 Å². The van der Waals surface area contributed by atoms with Crippen molar-refractivity contribution in [3.05, 3.63) is 78.5 Å². The lowest BCUT2D eigenvalue weighted by molar-refractivity contribution is -0.115. The van der Waals surface area contributed by atoms with Crippen molar-refractivity contribution in [2.45, 2.75) is 6.92 Å². The van der Waals surface area contributed by atoms with E-state index in [2.05, 4.69) is 25.7 Å². The third kappa shape index (κ3) is 4.11. The average molecular weight is 386 g/mol. The van der Waals surface area contributed by atoms with Gasteiger partial charge in [0.25, 0.3) is 5.91 Å². The molecule has 2 aromatic heterocycles. The van der Waals surface area contributed by atoms with Gasteiger partial charge in [-0.15, -0.1) is 0 Å². The van der Waals surface area contributed by atoms with Crippen molar-refractivity contribution in [2.75, 3.05) is 11.9 Å². The first kappa shape index (κ1) is 18.3. The lowest BCUT2D eigenvalue weighted by Gasteiger charge is -2.10. The molecule has 8 nitrogen and oxygen atoms in total. The molecule has 0 aliphatic rings. The van der Waals surface area contributed by atoms with Crippen LogP contribution in [0, 0.1) is 6.92 Å². The number of para-hydroxylation sites is 1. The van der Waals surface area contributed by atoms with Crippen LogP contribution in [0.4, 0.5) is 5.69 Å². The molecule has 0 spiro atoms. The van der Waals surface area contributed by atoms with Gasteiger partial charge in [-0.2, -0.15) is 5.10 Å². The quantitative estimate of drug-likeness (QED) is 0.549. The van der Waals surface area contributed by atoms with Crippen LogP contribution < -0.4 is 10.6 Å². The van der Waals surface area contributed by atoms with Gasteiger partial charge in [0.05, 0.1) is 23.3 Å². The maximum atomic E-state index is 12.6. The van der Waals surface area contributed by atoms with Gasteiger partial charge in [0.15, 0.2) is 0 Å². The fourth-order valence-corrected chi connectivity index (χ4v) is 3.00. The number of nitrogens with zero attached hydrogens (tertiary/aromatic N) is 4. The minimum absolute atomic E-state index is 0.140. The highest BCUT2D eigenvalue weighted by atomic mass is 16.2. The van der Waals surface area contributed by atoms with Crippen LogP contribution in [0.25, 0.3) is 16.6 Å². The molecule has 0 unspecified atom stereocenters. The van der Waals surface area contributed by atoms with Crippen molar-refractivity contribution in [2.24, 2.45) is 0 Å². The van der Waals surface area contributed by atoms with E-state index in [1.54, 1.807) is 29.2 Å². The van der Waals surface area contributed by atoms with Crippen LogP contribution in [0.2, 0.25) is 0 Å². The molecule has 0 aliphatic carbocycles. The summed E-state index contributed by atoms with van der Waals surface area (Å²) in [5.74, 6) is -0.634. The van der Waals surface area contributed by atoms with Gasteiger partial charge >= 0.3 is 0 Å². The van der Waals surface area contributed by atoms with Gasteiger partial charge in [-0.1, -0.05) is 18.2 Å². The molecule has 2 N–H and O–H groups in total. The molecule has 144 valence electrons. The maximum absolute atomic E-state index is 12.6. The highest BCUT2D eigenvalue weighted by Crippen LogP contribution is 2.18. The summed E-state index contributed by atoms with van der Waals surface area (Å²) in [5.41, 5.74) is 3.44. The van der Waals surface area contributed by atoms with Crippen LogP contribution in [0.5, 0.6) is 0 Å². The zero-order valence-electron chi connectivity index (χ0n) is 15.7. The number of nitrogens with one attached hydrogen (secondary N) is 2.